The molecule has 0 radical (unpaired) electrons. The molecule has 0 atom stereocenters. The van der Waals surface area contributed by atoms with Crippen LogP contribution < -0.4 is 5.32 Å². The minimum absolute atomic E-state index is 0.105. The van der Waals surface area contributed by atoms with Gasteiger partial charge in [-0.15, -0.1) is 0 Å². The van der Waals surface area contributed by atoms with Crippen molar-refractivity contribution in [1.29, 1.82) is 0 Å². The first-order valence-electron chi connectivity index (χ1n) is 6.65. The monoisotopic (exact) mass is 282 g/mol. The number of hydrogen-bond acceptors (Lipinski definition) is 2. The number of urea groups is 1. The van der Waals surface area contributed by atoms with Crippen LogP contribution in [0.2, 0.25) is 5.02 Å². The molecule has 1 fully saturated rings. The quantitative estimate of drug-likeness (QED) is 0.872. The highest BCUT2D eigenvalue weighted by Crippen LogP contribution is 2.26. The zero-order valence-electron chi connectivity index (χ0n) is 10.8. The van der Waals surface area contributed by atoms with E-state index in [1.807, 2.05) is 11.0 Å². The van der Waals surface area contributed by atoms with Crippen molar-refractivity contribution in [3.05, 3.63) is 29.3 Å². The number of nitrogens with zero attached hydrogens (tertiary/aromatic N) is 1. The molecule has 1 aliphatic rings. The molecular formula is C14H19ClN2O2. The van der Waals surface area contributed by atoms with Crippen LogP contribution in [0.4, 0.5) is 10.5 Å². The maximum absolute atomic E-state index is 12.3. The van der Waals surface area contributed by atoms with Gasteiger partial charge in [-0.05, 0) is 43.9 Å². The van der Waals surface area contributed by atoms with E-state index in [4.69, 9.17) is 16.7 Å². The molecule has 1 aromatic rings. The first-order valence-corrected chi connectivity index (χ1v) is 7.02. The van der Waals surface area contributed by atoms with E-state index in [0.717, 1.165) is 12.8 Å². The predicted octanol–water partition coefficient (Wildman–Crippen LogP) is 3.11. The Balaban J connectivity index is 1.98. The molecule has 0 saturated heterocycles. The molecule has 0 heterocycles. The number of aliphatic hydroxyl groups is 1. The lowest BCUT2D eigenvalue weighted by Crippen LogP contribution is -2.46. The maximum atomic E-state index is 12.3. The molecule has 0 bridgehead atoms. The molecular weight excluding hydrogens is 264 g/mol. The van der Waals surface area contributed by atoms with Gasteiger partial charge in [0, 0.05) is 29.9 Å². The number of carbonyl (C=O) groups is 1. The van der Waals surface area contributed by atoms with Gasteiger partial charge in [0.05, 0.1) is 0 Å². The van der Waals surface area contributed by atoms with E-state index in [9.17, 15) is 4.79 Å². The molecule has 1 aromatic carbocycles. The van der Waals surface area contributed by atoms with Crippen LogP contribution in [0.25, 0.3) is 0 Å². The molecule has 0 spiro atoms. The summed E-state index contributed by atoms with van der Waals surface area (Å²) in [6.07, 6.45) is 3.88. The van der Waals surface area contributed by atoms with E-state index in [2.05, 4.69) is 5.32 Å². The minimum atomic E-state index is -0.111. The Morgan fingerprint density at radius 1 is 1.47 bits per heavy atom. The Morgan fingerprint density at radius 3 is 2.84 bits per heavy atom. The highest BCUT2D eigenvalue weighted by atomic mass is 35.5. The van der Waals surface area contributed by atoms with E-state index in [1.165, 1.54) is 6.42 Å². The molecule has 0 unspecified atom stereocenters. The van der Waals surface area contributed by atoms with Crippen molar-refractivity contribution in [1.82, 2.24) is 4.90 Å². The van der Waals surface area contributed by atoms with Crippen LogP contribution in [0.15, 0.2) is 24.3 Å². The first-order chi connectivity index (χ1) is 9.20. The van der Waals surface area contributed by atoms with Gasteiger partial charge in [0.1, 0.15) is 0 Å². The molecule has 5 heteroatoms. The van der Waals surface area contributed by atoms with Crippen LogP contribution in [0.3, 0.4) is 0 Å². The average molecular weight is 283 g/mol. The van der Waals surface area contributed by atoms with Gasteiger partial charge >= 0.3 is 6.03 Å². The van der Waals surface area contributed by atoms with Crippen molar-refractivity contribution in [2.45, 2.75) is 31.7 Å². The van der Waals surface area contributed by atoms with Gasteiger partial charge in [-0.2, -0.15) is 0 Å². The van der Waals surface area contributed by atoms with Gasteiger partial charge in [0.15, 0.2) is 0 Å². The number of rotatable bonds is 5. The lowest BCUT2D eigenvalue weighted by atomic mass is 9.91. The van der Waals surface area contributed by atoms with Gasteiger partial charge < -0.3 is 15.3 Å². The van der Waals surface area contributed by atoms with Crippen LogP contribution in [0, 0.1) is 0 Å². The highest BCUT2D eigenvalue weighted by molar-refractivity contribution is 6.30. The number of carbonyl (C=O) groups excluding carboxylic acids is 1. The molecule has 2 N–H and O–H groups in total. The number of amides is 2. The van der Waals surface area contributed by atoms with Crippen molar-refractivity contribution >= 4 is 23.3 Å². The molecule has 1 saturated carbocycles. The fourth-order valence-corrected chi connectivity index (χ4v) is 2.34. The van der Waals surface area contributed by atoms with Gasteiger partial charge in [0.2, 0.25) is 0 Å². The van der Waals surface area contributed by atoms with Gasteiger partial charge in [-0.25, -0.2) is 4.79 Å². The van der Waals surface area contributed by atoms with Crippen LogP contribution in [-0.4, -0.2) is 35.2 Å². The van der Waals surface area contributed by atoms with E-state index >= 15 is 0 Å². The van der Waals surface area contributed by atoms with E-state index in [-0.39, 0.29) is 12.6 Å². The largest absolute Gasteiger partial charge is 0.396 e. The molecule has 1 aliphatic carbocycles. The molecule has 0 aliphatic heterocycles. The summed E-state index contributed by atoms with van der Waals surface area (Å²) in [4.78, 5) is 14.1. The Bertz CT molecular complexity index is 435. The number of benzene rings is 1. The Hall–Kier alpha value is -1.26. The van der Waals surface area contributed by atoms with Crippen molar-refractivity contribution < 1.29 is 9.90 Å². The van der Waals surface area contributed by atoms with E-state index < -0.39 is 0 Å². The van der Waals surface area contributed by atoms with Crippen LogP contribution in [0.5, 0.6) is 0 Å². The second-order valence-corrected chi connectivity index (χ2v) is 5.23. The number of anilines is 1. The lowest BCUT2D eigenvalue weighted by molar-refractivity contribution is 0.140. The second kappa shape index (κ2) is 6.78. The second-order valence-electron chi connectivity index (χ2n) is 4.80. The van der Waals surface area contributed by atoms with Gasteiger partial charge in [-0.1, -0.05) is 17.7 Å². The highest BCUT2D eigenvalue weighted by Gasteiger charge is 2.28. The number of hydrogen-bond donors (Lipinski definition) is 2. The third kappa shape index (κ3) is 3.85. The minimum Gasteiger partial charge on any atom is -0.396 e. The third-order valence-electron chi connectivity index (χ3n) is 3.41. The van der Waals surface area contributed by atoms with Crippen LogP contribution in [-0.2, 0) is 0 Å². The van der Waals surface area contributed by atoms with Crippen molar-refractivity contribution in [2.24, 2.45) is 0 Å². The van der Waals surface area contributed by atoms with E-state index in [1.54, 1.807) is 18.2 Å². The summed E-state index contributed by atoms with van der Waals surface area (Å²) in [7, 11) is 0. The Kier molecular flexibility index (Phi) is 5.05. The molecule has 0 aromatic heterocycles. The molecule has 4 nitrogen and oxygen atoms in total. The topological polar surface area (TPSA) is 52.6 Å². The fourth-order valence-electron chi connectivity index (χ4n) is 2.15. The third-order valence-corrected chi connectivity index (χ3v) is 3.64. The number of halogens is 1. The van der Waals surface area contributed by atoms with Gasteiger partial charge in [0.25, 0.3) is 0 Å². The lowest BCUT2D eigenvalue weighted by Gasteiger charge is -2.37. The Morgan fingerprint density at radius 2 is 2.26 bits per heavy atom. The summed E-state index contributed by atoms with van der Waals surface area (Å²) in [6.45, 7) is 0.696. The van der Waals surface area contributed by atoms with Crippen LogP contribution >= 0.6 is 11.6 Å². The first kappa shape index (κ1) is 14.2. The fraction of sp³-hybridized carbons (Fsp3) is 0.500. The SMILES string of the molecule is O=C(Nc1cccc(Cl)c1)N(CCCO)C1CCC1. The average Bonchev–Trinajstić information content (AvgIpc) is 2.31. The molecule has 19 heavy (non-hydrogen) atoms. The van der Waals surface area contributed by atoms with Crippen molar-refractivity contribution in [2.75, 3.05) is 18.5 Å². The smallest absolute Gasteiger partial charge is 0.322 e. The summed E-state index contributed by atoms with van der Waals surface area (Å²) >= 11 is 5.89. The summed E-state index contributed by atoms with van der Waals surface area (Å²) in [5.41, 5.74) is 0.700. The van der Waals surface area contributed by atoms with Gasteiger partial charge in [-0.3, -0.25) is 0 Å². The maximum Gasteiger partial charge on any atom is 0.322 e. The number of nitrogens with one attached hydrogen (secondary N) is 1. The molecule has 2 rings (SSSR count). The molecule has 104 valence electrons. The summed E-state index contributed by atoms with van der Waals surface area (Å²) in [5.74, 6) is 0. The summed E-state index contributed by atoms with van der Waals surface area (Å²) in [5, 5.41) is 12.4. The standard InChI is InChI=1S/C14H19ClN2O2/c15-11-4-1-5-12(10-11)16-14(19)17(8-3-9-18)13-6-2-7-13/h1,4-5,10,13,18H,2-3,6-9H2,(H,16,19). The zero-order valence-corrected chi connectivity index (χ0v) is 11.6. The number of aliphatic hydroxyl groups excluding tert-OH is 1. The van der Waals surface area contributed by atoms with Crippen LogP contribution in [0.1, 0.15) is 25.7 Å². The van der Waals surface area contributed by atoms with Crippen molar-refractivity contribution in [3.63, 3.8) is 0 Å². The van der Waals surface area contributed by atoms with E-state index in [0.29, 0.717) is 29.7 Å². The molecule has 2 amide bonds. The summed E-state index contributed by atoms with van der Waals surface area (Å²) < 4.78 is 0. The normalized spacial score (nSPS) is 14.8. The predicted molar refractivity (Wildman–Crippen MR) is 76.5 cm³/mol. The zero-order chi connectivity index (χ0) is 13.7. The summed E-state index contributed by atoms with van der Waals surface area (Å²) in [6, 6.07) is 7.32. The Labute approximate surface area is 118 Å². The van der Waals surface area contributed by atoms with Crippen molar-refractivity contribution in [3.8, 4) is 0 Å².